The van der Waals surface area contributed by atoms with Crippen LogP contribution in [0.3, 0.4) is 0 Å². The average Bonchev–Trinajstić information content (AvgIpc) is 1.62. The van der Waals surface area contributed by atoms with Gasteiger partial charge in [-0.2, -0.15) is 12.6 Å². The fourth-order valence-electron chi connectivity index (χ4n) is 0.0956. The number of thiol groups is 1. The van der Waals surface area contributed by atoms with Crippen LogP contribution in [0.15, 0.2) is 0 Å². The largest absolute Gasteiger partial charge is 0.481 e. The Bertz CT molecular complexity index is 113. The molecule has 0 aliphatic carbocycles. The summed E-state index contributed by atoms with van der Waals surface area (Å²) in [6.45, 7) is 1.08. The van der Waals surface area contributed by atoms with Crippen LogP contribution in [0.5, 0.6) is 0 Å². The first-order valence-electron chi connectivity index (χ1n) is 2.53. The minimum atomic E-state index is -0.833. The molecule has 0 aliphatic rings. The number of carbonyl (C=O) groups is 2. The molecule has 0 fully saturated rings. The van der Waals surface area contributed by atoms with E-state index < -0.39 is 11.9 Å². The van der Waals surface area contributed by atoms with E-state index in [-0.39, 0.29) is 23.5 Å². The maximum atomic E-state index is 9.55. The Kier molecular flexibility index (Phi) is 19.4. The third-order valence-electron chi connectivity index (χ3n) is 0.326. The second kappa shape index (κ2) is 12.5. The molecule has 0 rings (SSSR count). The van der Waals surface area contributed by atoms with Gasteiger partial charge in [0, 0.05) is 29.7 Å². The van der Waals surface area contributed by atoms with Crippen LogP contribution in [0.4, 0.5) is 0 Å². The first-order chi connectivity index (χ1) is 4.50. The third-order valence-corrected chi connectivity index (χ3v) is 0.549. The maximum Gasteiger partial charge on any atom is 0.304 e. The molecule has 0 amide bonds. The number of carboxylic acids is 2. The number of hydrogen-bond acceptors (Lipinski definition) is 3. The maximum absolute atomic E-state index is 9.55. The molecule has 0 saturated heterocycles. The quantitative estimate of drug-likeness (QED) is 0.468. The van der Waals surface area contributed by atoms with Crippen LogP contribution < -0.4 is 0 Å². The second-order valence-corrected chi connectivity index (χ2v) is 1.83. The first-order valence-corrected chi connectivity index (χ1v) is 3.16. The number of carboxylic acid groups (broad SMARTS) is 2. The van der Waals surface area contributed by atoms with Crippen molar-refractivity contribution in [2.24, 2.45) is 0 Å². The first kappa shape index (κ1) is 17.1. The van der Waals surface area contributed by atoms with Gasteiger partial charge in [0.15, 0.2) is 0 Å². The molecule has 67 valence electrons. The molecule has 0 bridgehead atoms. The summed E-state index contributed by atoms with van der Waals surface area (Å²) in [5.41, 5.74) is 0. The van der Waals surface area contributed by atoms with Crippen molar-refractivity contribution >= 4 is 24.6 Å². The number of aliphatic carboxylic acids is 2. The van der Waals surface area contributed by atoms with E-state index >= 15 is 0 Å². The minimum absolute atomic E-state index is 0. The van der Waals surface area contributed by atoms with Gasteiger partial charge in [0.05, 0.1) is 6.42 Å². The summed E-state index contributed by atoms with van der Waals surface area (Å²) in [7, 11) is 0. The number of hydrogen-bond donors (Lipinski definition) is 3. The van der Waals surface area contributed by atoms with E-state index in [1.807, 2.05) is 0 Å². The van der Waals surface area contributed by atoms with E-state index in [9.17, 15) is 4.79 Å². The van der Waals surface area contributed by atoms with E-state index in [0.29, 0.717) is 5.75 Å². The van der Waals surface area contributed by atoms with Crippen LogP contribution in [-0.2, 0) is 26.7 Å². The zero-order chi connectivity index (χ0) is 8.57. The Balaban J connectivity index is -0.000000114. The summed E-state index contributed by atoms with van der Waals surface area (Å²) < 4.78 is 0. The molecule has 6 heteroatoms. The van der Waals surface area contributed by atoms with E-state index in [0.717, 1.165) is 6.92 Å². The van der Waals surface area contributed by atoms with Crippen molar-refractivity contribution in [1.82, 2.24) is 0 Å². The summed E-state index contributed by atoms with van der Waals surface area (Å²) in [6, 6.07) is 0. The Morgan fingerprint density at radius 2 is 1.64 bits per heavy atom. The Hall–Kier alpha value is -0.191. The molecule has 11 heavy (non-hydrogen) atoms. The van der Waals surface area contributed by atoms with Crippen molar-refractivity contribution in [3.63, 3.8) is 0 Å². The molecule has 0 saturated carbocycles. The van der Waals surface area contributed by atoms with E-state index in [4.69, 9.17) is 15.0 Å². The smallest absolute Gasteiger partial charge is 0.304 e. The van der Waals surface area contributed by atoms with E-state index in [1.165, 1.54) is 0 Å². The molecule has 4 nitrogen and oxygen atoms in total. The van der Waals surface area contributed by atoms with Crippen molar-refractivity contribution in [2.75, 3.05) is 5.75 Å². The van der Waals surface area contributed by atoms with Gasteiger partial charge in [0.1, 0.15) is 0 Å². The van der Waals surface area contributed by atoms with Gasteiger partial charge < -0.3 is 10.2 Å². The van der Waals surface area contributed by atoms with Crippen molar-refractivity contribution in [2.45, 2.75) is 13.3 Å². The van der Waals surface area contributed by atoms with Crippen LogP contribution in [-0.4, -0.2) is 27.9 Å². The molecule has 2 N–H and O–H groups in total. The normalized spacial score (nSPS) is 6.73. The van der Waals surface area contributed by atoms with E-state index in [2.05, 4.69) is 12.6 Å². The van der Waals surface area contributed by atoms with Gasteiger partial charge in [-0.15, -0.1) is 0 Å². The zero-order valence-electron chi connectivity index (χ0n) is 5.95. The molecular weight excluding hydrogens is 211 g/mol. The fraction of sp³-hybridized carbons (Fsp3) is 0.600. The van der Waals surface area contributed by atoms with Gasteiger partial charge >= 0.3 is 5.97 Å². The molecular formula is C5H10MnO4S. The monoisotopic (exact) mass is 221 g/mol. The number of rotatable bonds is 2. The summed E-state index contributed by atoms with van der Waals surface area (Å²) in [4.78, 5) is 18.6. The summed E-state index contributed by atoms with van der Waals surface area (Å²) >= 11 is 3.68. The van der Waals surface area contributed by atoms with Crippen molar-refractivity contribution in [3.05, 3.63) is 0 Å². The van der Waals surface area contributed by atoms with Crippen LogP contribution in [0.25, 0.3) is 0 Å². The predicted molar refractivity (Wildman–Crippen MR) is 39.4 cm³/mol. The van der Waals surface area contributed by atoms with Gasteiger partial charge in [-0.3, -0.25) is 9.59 Å². The standard InChI is InChI=1S/C3H6O2S.C2H4O2.Mn/c4-3(5)1-2-6;1-2(3)4;/h6H,1-2H2,(H,4,5);1H3,(H,3,4);. The van der Waals surface area contributed by atoms with Crippen molar-refractivity contribution in [1.29, 1.82) is 0 Å². The van der Waals surface area contributed by atoms with Gasteiger partial charge in [0.2, 0.25) is 0 Å². The molecule has 0 aromatic carbocycles. The zero-order valence-corrected chi connectivity index (χ0v) is 8.03. The minimum Gasteiger partial charge on any atom is -0.481 e. The van der Waals surface area contributed by atoms with Crippen LogP contribution >= 0.6 is 12.6 Å². The molecule has 0 aromatic rings. The van der Waals surface area contributed by atoms with Gasteiger partial charge in [-0.1, -0.05) is 0 Å². The predicted octanol–water partition coefficient (Wildman–Crippen LogP) is 0.479. The average molecular weight is 221 g/mol. The van der Waals surface area contributed by atoms with Crippen molar-refractivity contribution in [3.8, 4) is 0 Å². The van der Waals surface area contributed by atoms with Gasteiger partial charge in [-0.05, 0) is 0 Å². The molecule has 1 radical (unpaired) electrons. The summed E-state index contributed by atoms with van der Waals surface area (Å²) in [5.74, 6) is -1.19. The van der Waals surface area contributed by atoms with Gasteiger partial charge in [-0.25, -0.2) is 0 Å². The van der Waals surface area contributed by atoms with Gasteiger partial charge in [0.25, 0.3) is 5.97 Å². The molecule has 0 atom stereocenters. The van der Waals surface area contributed by atoms with Crippen molar-refractivity contribution < 1.29 is 36.9 Å². The van der Waals surface area contributed by atoms with Crippen LogP contribution in [0.2, 0.25) is 0 Å². The van der Waals surface area contributed by atoms with Crippen LogP contribution in [0.1, 0.15) is 13.3 Å². The molecule has 0 unspecified atom stereocenters. The molecule has 0 spiro atoms. The molecule has 0 aromatic heterocycles. The molecule has 0 aliphatic heterocycles. The Labute approximate surface area is 80.9 Å². The second-order valence-electron chi connectivity index (χ2n) is 1.39. The Morgan fingerprint density at radius 3 is 1.64 bits per heavy atom. The summed E-state index contributed by atoms with van der Waals surface area (Å²) in [5, 5.41) is 15.3. The SMILES string of the molecule is CC(=O)O.O=C(O)CCS.[Mn]. The molecule has 0 heterocycles. The fourth-order valence-corrected chi connectivity index (χ4v) is 0.287. The van der Waals surface area contributed by atoms with E-state index in [1.54, 1.807) is 0 Å². The summed E-state index contributed by atoms with van der Waals surface area (Å²) in [6.07, 6.45) is 0.156. The third kappa shape index (κ3) is 75.8. The Morgan fingerprint density at radius 1 is 1.36 bits per heavy atom. The topological polar surface area (TPSA) is 74.6 Å². The van der Waals surface area contributed by atoms with Crippen LogP contribution in [0, 0.1) is 0 Å².